The van der Waals surface area contributed by atoms with Crippen LogP contribution in [0.3, 0.4) is 0 Å². The first kappa shape index (κ1) is 14.2. The van der Waals surface area contributed by atoms with Crippen molar-refractivity contribution in [3.8, 4) is 11.6 Å². The first-order chi connectivity index (χ1) is 10.2. The predicted octanol–water partition coefficient (Wildman–Crippen LogP) is 3.46. The summed E-state index contributed by atoms with van der Waals surface area (Å²) in [5, 5.41) is 0. The first-order valence-corrected chi connectivity index (χ1v) is 7.26. The highest BCUT2D eigenvalue weighted by atomic mass is 79.9. The van der Waals surface area contributed by atoms with Crippen molar-refractivity contribution in [2.24, 2.45) is 0 Å². The maximum absolute atomic E-state index is 14.2. The average molecular weight is 372 g/mol. The molecule has 0 unspecified atom stereocenters. The maximum Gasteiger partial charge on any atom is 0.245 e. The van der Waals surface area contributed by atoms with Crippen LogP contribution in [0.25, 0.3) is 16.9 Å². The molecule has 0 aliphatic carbocycles. The van der Waals surface area contributed by atoms with E-state index in [1.54, 1.807) is 16.7 Å². The van der Waals surface area contributed by atoms with Crippen molar-refractivity contribution in [2.45, 2.75) is 5.88 Å². The zero-order chi connectivity index (χ0) is 15.0. The number of benzene rings is 1. The molecule has 0 fully saturated rings. The van der Waals surface area contributed by atoms with Crippen LogP contribution in [0.15, 0.2) is 29.0 Å². The SMILES string of the molecule is COc1ncnc2c1nc(CCl)n2-c1cc(Br)ccc1F. The van der Waals surface area contributed by atoms with E-state index in [9.17, 15) is 4.39 Å². The van der Waals surface area contributed by atoms with Gasteiger partial charge in [0.2, 0.25) is 5.88 Å². The van der Waals surface area contributed by atoms with Gasteiger partial charge in [0.1, 0.15) is 18.0 Å². The van der Waals surface area contributed by atoms with E-state index in [0.717, 1.165) is 4.47 Å². The van der Waals surface area contributed by atoms with Crippen molar-refractivity contribution >= 4 is 38.7 Å². The van der Waals surface area contributed by atoms with Crippen molar-refractivity contribution in [1.82, 2.24) is 19.5 Å². The molecule has 0 saturated heterocycles. The standard InChI is InChI=1S/C13H9BrClFN4O/c1-21-13-11-12(17-6-18-13)20(10(5-15)19-11)9-4-7(14)2-3-8(9)16/h2-4,6H,5H2,1H3. The van der Waals surface area contributed by atoms with Crippen molar-refractivity contribution in [3.63, 3.8) is 0 Å². The normalized spacial score (nSPS) is 11.0. The summed E-state index contributed by atoms with van der Waals surface area (Å²) in [6.07, 6.45) is 1.34. The molecule has 21 heavy (non-hydrogen) atoms. The van der Waals surface area contributed by atoms with Gasteiger partial charge in [0, 0.05) is 4.47 Å². The first-order valence-electron chi connectivity index (χ1n) is 5.93. The zero-order valence-corrected chi connectivity index (χ0v) is 13.2. The molecule has 0 radical (unpaired) electrons. The Morgan fingerprint density at radius 1 is 1.38 bits per heavy atom. The molecule has 8 heteroatoms. The molecule has 0 saturated carbocycles. The van der Waals surface area contributed by atoms with Crippen molar-refractivity contribution < 1.29 is 9.13 Å². The Hall–Kier alpha value is -1.73. The smallest absolute Gasteiger partial charge is 0.245 e. The molecule has 3 aromatic rings. The fourth-order valence-electron chi connectivity index (χ4n) is 2.07. The lowest BCUT2D eigenvalue weighted by molar-refractivity contribution is 0.401. The van der Waals surface area contributed by atoms with Gasteiger partial charge in [-0.25, -0.2) is 14.4 Å². The topological polar surface area (TPSA) is 52.8 Å². The number of hydrogen-bond acceptors (Lipinski definition) is 4. The zero-order valence-electron chi connectivity index (χ0n) is 10.8. The van der Waals surface area contributed by atoms with Crippen molar-refractivity contribution in [3.05, 3.63) is 40.6 Å². The summed E-state index contributed by atoms with van der Waals surface area (Å²) in [6.45, 7) is 0. The van der Waals surface area contributed by atoms with Gasteiger partial charge < -0.3 is 4.74 Å². The van der Waals surface area contributed by atoms with Gasteiger partial charge >= 0.3 is 0 Å². The predicted molar refractivity (Wildman–Crippen MR) is 80.4 cm³/mol. The number of imidazole rings is 1. The van der Waals surface area contributed by atoms with Crippen LogP contribution in [0, 0.1) is 5.82 Å². The second kappa shape index (κ2) is 5.57. The van der Waals surface area contributed by atoms with E-state index >= 15 is 0 Å². The number of fused-ring (bicyclic) bond motifs is 1. The van der Waals surface area contributed by atoms with Gasteiger partial charge in [-0.05, 0) is 18.2 Å². The van der Waals surface area contributed by atoms with E-state index < -0.39 is 5.82 Å². The van der Waals surface area contributed by atoms with Crippen LogP contribution >= 0.6 is 27.5 Å². The number of nitrogens with zero attached hydrogens (tertiary/aromatic N) is 4. The van der Waals surface area contributed by atoms with Crippen LogP contribution < -0.4 is 4.74 Å². The van der Waals surface area contributed by atoms with Gasteiger partial charge in [-0.1, -0.05) is 15.9 Å². The van der Waals surface area contributed by atoms with Gasteiger partial charge in [0.25, 0.3) is 0 Å². The second-order valence-electron chi connectivity index (χ2n) is 4.15. The van der Waals surface area contributed by atoms with Crippen LogP contribution in [-0.2, 0) is 5.88 Å². The summed E-state index contributed by atoms with van der Waals surface area (Å²) in [7, 11) is 1.49. The van der Waals surface area contributed by atoms with Crippen LogP contribution in [0.2, 0.25) is 0 Å². The molecule has 0 aliphatic heterocycles. The summed E-state index contributed by atoms with van der Waals surface area (Å²) in [5.41, 5.74) is 1.19. The summed E-state index contributed by atoms with van der Waals surface area (Å²) < 4.78 is 21.6. The Labute approximate surface area is 132 Å². The fraction of sp³-hybridized carbons (Fsp3) is 0.154. The summed E-state index contributed by atoms with van der Waals surface area (Å²) in [6, 6.07) is 4.62. The van der Waals surface area contributed by atoms with Crippen molar-refractivity contribution in [2.75, 3.05) is 7.11 Å². The largest absolute Gasteiger partial charge is 0.479 e. The van der Waals surface area contributed by atoms with Gasteiger partial charge in [0.05, 0.1) is 18.7 Å². The molecule has 1 aromatic carbocycles. The third kappa shape index (κ3) is 2.36. The number of halogens is 3. The third-order valence-corrected chi connectivity index (χ3v) is 3.67. The molecule has 2 heterocycles. The highest BCUT2D eigenvalue weighted by Crippen LogP contribution is 2.28. The van der Waals surface area contributed by atoms with Gasteiger partial charge in [-0.2, -0.15) is 4.98 Å². The lowest BCUT2D eigenvalue weighted by Crippen LogP contribution is -2.03. The summed E-state index contributed by atoms with van der Waals surface area (Å²) >= 11 is 9.26. The van der Waals surface area contributed by atoms with Crippen molar-refractivity contribution in [1.29, 1.82) is 0 Å². The number of aromatic nitrogens is 4. The lowest BCUT2D eigenvalue weighted by atomic mass is 10.3. The quantitative estimate of drug-likeness (QED) is 0.662. The molecule has 0 bridgehead atoms. The number of alkyl halides is 1. The third-order valence-electron chi connectivity index (χ3n) is 2.94. The van der Waals surface area contributed by atoms with E-state index in [1.165, 1.54) is 19.5 Å². The van der Waals surface area contributed by atoms with E-state index in [0.29, 0.717) is 28.6 Å². The molecule has 2 aromatic heterocycles. The molecule has 108 valence electrons. The Kier molecular flexibility index (Phi) is 3.77. The minimum absolute atomic E-state index is 0.103. The molecular weight excluding hydrogens is 363 g/mol. The summed E-state index contributed by atoms with van der Waals surface area (Å²) in [5.74, 6) is 0.482. The van der Waals surface area contributed by atoms with E-state index in [2.05, 4.69) is 30.9 Å². The Morgan fingerprint density at radius 3 is 2.90 bits per heavy atom. The number of rotatable bonds is 3. The Balaban J connectivity index is 2.38. The number of methoxy groups -OCH3 is 1. The minimum atomic E-state index is -0.401. The monoisotopic (exact) mass is 370 g/mol. The van der Waals surface area contributed by atoms with E-state index in [-0.39, 0.29) is 5.88 Å². The Morgan fingerprint density at radius 2 is 2.19 bits per heavy atom. The molecule has 0 N–H and O–H groups in total. The Bertz CT molecular complexity index is 823. The van der Waals surface area contributed by atoms with Crippen LogP contribution in [-0.4, -0.2) is 26.6 Å². The number of hydrogen-bond donors (Lipinski definition) is 0. The second-order valence-corrected chi connectivity index (χ2v) is 5.33. The van der Waals surface area contributed by atoms with E-state index in [4.69, 9.17) is 16.3 Å². The fourth-order valence-corrected chi connectivity index (χ4v) is 2.59. The van der Waals surface area contributed by atoms with Gasteiger partial charge in [-0.3, -0.25) is 4.57 Å². The molecular formula is C13H9BrClFN4O. The van der Waals surface area contributed by atoms with Gasteiger partial charge in [-0.15, -0.1) is 11.6 Å². The van der Waals surface area contributed by atoms with Crippen LogP contribution in [0.1, 0.15) is 5.82 Å². The number of ether oxygens (including phenoxy) is 1. The molecule has 0 spiro atoms. The lowest BCUT2D eigenvalue weighted by Gasteiger charge is -2.08. The van der Waals surface area contributed by atoms with Crippen LogP contribution in [0.4, 0.5) is 4.39 Å². The molecule has 0 atom stereocenters. The molecule has 0 aliphatic rings. The van der Waals surface area contributed by atoms with Gasteiger partial charge in [0.15, 0.2) is 11.2 Å². The molecule has 5 nitrogen and oxygen atoms in total. The summed E-state index contributed by atoms with van der Waals surface area (Å²) in [4.78, 5) is 12.5. The highest BCUT2D eigenvalue weighted by Gasteiger charge is 2.19. The highest BCUT2D eigenvalue weighted by molar-refractivity contribution is 9.10. The minimum Gasteiger partial charge on any atom is -0.479 e. The average Bonchev–Trinajstić information content (AvgIpc) is 2.88. The molecule has 3 rings (SSSR count). The maximum atomic E-state index is 14.2. The van der Waals surface area contributed by atoms with Crippen LogP contribution in [0.5, 0.6) is 5.88 Å². The molecule has 0 amide bonds. The van der Waals surface area contributed by atoms with E-state index in [1.807, 2.05) is 0 Å².